The number of halogens is 1. The van der Waals surface area contributed by atoms with Crippen molar-refractivity contribution in [1.82, 2.24) is 16.0 Å². The van der Waals surface area contributed by atoms with Crippen molar-refractivity contribution in [1.29, 1.82) is 0 Å². The second-order valence-corrected chi connectivity index (χ2v) is 5.97. The summed E-state index contributed by atoms with van der Waals surface area (Å²) in [5.41, 5.74) is 0.860. The van der Waals surface area contributed by atoms with Gasteiger partial charge in [0.25, 0.3) is 0 Å². The third-order valence-corrected chi connectivity index (χ3v) is 4.11. The van der Waals surface area contributed by atoms with Crippen LogP contribution in [0.15, 0.2) is 24.3 Å². The molecule has 1 aromatic carbocycles. The van der Waals surface area contributed by atoms with E-state index in [1.54, 1.807) is 12.1 Å². The number of carbonyl (C=O) groups excluding carboxylic acids is 3. The molecule has 0 unspecified atom stereocenters. The fourth-order valence-corrected chi connectivity index (χ4v) is 2.59. The van der Waals surface area contributed by atoms with E-state index in [1.165, 1.54) is 19.1 Å². The van der Waals surface area contributed by atoms with Crippen LogP contribution in [0.4, 0.5) is 4.39 Å². The average Bonchev–Trinajstić information content (AvgIpc) is 2.49. The van der Waals surface area contributed by atoms with Crippen molar-refractivity contribution in [2.24, 2.45) is 5.92 Å². The Morgan fingerprint density at radius 3 is 2.25 bits per heavy atom. The zero-order valence-corrected chi connectivity index (χ0v) is 13.6. The van der Waals surface area contributed by atoms with Crippen LogP contribution in [0.25, 0.3) is 0 Å². The summed E-state index contributed by atoms with van der Waals surface area (Å²) in [6, 6.07) is 5.92. The van der Waals surface area contributed by atoms with Gasteiger partial charge >= 0.3 is 0 Å². The third-order valence-electron chi connectivity index (χ3n) is 4.11. The largest absolute Gasteiger partial charge is 0.347 e. The van der Waals surface area contributed by atoms with E-state index >= 15 is 0 Å². The summed E-state index contributed by atoms with van der Waals surface area (Å²) in [6.07, 6.45) is 3.14. The van der Waals surface area contributed by atoms with Crippen LogP contribution in [0.2, 0.25) is 0 Å². The molecular formula is C17H22FN3O3. The number of carbonyl (C=O) groups is 3. The monoisotopic (exact) mass is 335 g/mol. The van der Waals surface area contributed by atoms with Crippen LogP contribution in [0, 0.1) is 11.7 Å². The summed E-state index contributed by atoms with van der Waals surface area (Å²) in [7, 11) is 0. The predicted molar refractivity (Wildman–Crippen MR) is 86.3 cm³/mol. The molecule has 0 radical (unpaired) electrons. The molecule has 1 fully saturated rings. The highest BCUT2D eigenvalue weighted by Crippen LogP contribution is 2.37. The first-order valence-electron chi connectivity index (χ1n) is 8.01. The molecule has 0 heterocycles. The summed E-state index contributed by atoms with van der Waals surface area (Å²) < 4.78 is 13.1. The Bertz CT molecular complexity index is 600. The van der Waals surface area contributed by atoms with Crippen molar-refractivity contribution >= 4 is 17.7 Å². The molecule has 0 aliphatic heterocycles. The topological polar surface area (TPSA) is 87.3 Å². The molecule has 1 saturated carbocycles. The van der Waals surface area contributed by atoms with Gasteiger partial charge in [-0.15, -0.1) is 0 Å². The molecule has 0 aromatic heterocycles. The van der Waals surface area contributed by atoms with Crippen molar-refractivity contribution in [2.75, 3.05) is 13.1 Å². The molecule has 1 aliphatic carbocycles. The molecular weight excluding hydrogens is 313 g/mol. The van der Waals surface area contributed by atoms with E-state index in [-0.39, 0.29) is 36.8 Å². The van der Waals surface area contributed by atoms with Gasteiger partial charge in [-0.25, -0.2) is 4.39 Å². The maximum Gasteiger partial charge on any atom is 0.239 e. The lowest BCUT2D eigenvalue weighted by atomic mass is 9.77. The van der Waals surface area contributed by atoms with Gasteiger partial charge in [-0.2, -0.15) is 0 Å². The Hall–Kier alpha value is -2.44. The van der Waals surface area contributed by atoms with Gasteiger partial charge in [-0.05, 0) is 36.5 Å². The normalized spacial score (nSPS) is 15.1. The summed E-state index contributed by atoms with van der Waals surface area (Å²) in [4.78, 5) is 34.3. The fraction of sp³-hybridized carbons (Fsp3) is 0.471. The van der Waals surface area contributed by atoms with Gasteiger partial charge in [0, 0.05) is 6.92 Å². The molecule has 1 atom stereocenters. The number of hydrogen-bond donors (Lipinski definition) is 3. The lowest BCUT2D eigenvalue weighted by Gasteiger charge is -2.34. The number of amides is 3. The standard InChI is InChI=1S/C17H22FN3O3/c1-11(22)19-9-15(23)20-10-16(24)21-17(12-3-2-4-12)13-5-7-14(18)8-6-13/h5-8,12,17H,2-4,9-10H2,1H3,(H,19,22)(H,20,23)(H,21,24)/t17-/m1/s1. The van der Waals surface area contributed by atoms with Crippen molar-refractivity contribution in [3.63, 3.8) is 0 Å². The van der Waals surface area contributed by atoms with Crippen LogP contribution >= 0.6 is 0 Å². The van der Waals surface area contributed by atoms with Crippen molar-refractivity contribution in [3.8, 4) is 0 Å². The van der Waals surface area contributed by atoms with Crippen molar-refractivity contribution in [3.05, 3.63) is 35.6 Å². The van der Waals surface area contributed by atoms with Gasteiger partial charge in [-0.1, -0.05) is 18.6 Å². The molecule has 1 aromatic rings. The van der Waals surface area contributed by atoms with Gasteiger partial charge in [0.15, 0.2) is 0 Å². The Morgan fingerprint density at radius 1 is 1.08 bits per heavy atom. The molecule has 1 aliphatic rings. The van der Waals surface area contributed by atoms with E-state index < -0.39 is 5.91 Å². The second-order valence-electron chi connectivity index (χ2n) is 5.97. The van der Waals surface area contributed by atoms with Gasteiger partial charge in [-0.3, -0.25) is 14.4 Å². The van der Waals surface area contributed by atoms with Crippen LogP contribution in [0.1, 0.15) is 37.8 Å². The Kier molecular flexibility index (Phi) is 6.28. The first-order valence-corrected chi connectivity index (χ1v) is 8.01. The van der Waals surface area contributed by atoms with Crippen molar-refractivity contribution in [2.45, 2.75) is 32.2 Å². The maximum absolute atomic E-state index is 13.1. The first-order chi connectivity index (χ1) is 11.5. The summed E-state index contributed by atoms with van der Waals surface area (Å²) >= 11 is 0. The zero-order valence-electron chi connectivity index (χ0n) is 13.6. The highest BCUT2D eigenvalue weighted by molar-refractivity contribution is 5.87. The van der Waals surface area contributed by atoms with E-state index in [1.807, 2.05) is 0 Å². The highest BCUT2D eigenvalue weighted by Gasteiger charge is 2.29. The minimum atomic E-state index is -0.428. The molecule has 130 valence electrons. The van der Waals surface area contributed by atoms with Gasteiger partial charge in [0.05, 0.1) is 19.1 Å². The minimum Gasteiger partial charge on any atom is -0.347 e. The molecule has 3 N–H and O–H groups in total. The zero-order chi connectivity index (χ0) is 17.5. The molecule has 2 rings (SSSR count). The van der Waals surface area contributed by atoms with Crippen LogP contribution in [0.3, 0.4) is 0 Å². The number of rotatable bonds is 7. The number of nitrogens with one attached hydrogen (secondary N) is 3. The highest BCUT2D eigenvalue weighted by atomic mass is 19.1. The average molecular weight is 335 g/mol. The molecule has 6 nitrogen and oxygen atoms in total. The lowest BCUT2D eigenvalue weighted by molar-refractivity contribution is -0.127. The molecule has 7 heteroatoms. The van der Waals surface area contributed by atoms with Crippen LogP contribution in [0.5, 0.6) is 0 Å². The molecule has 0 saturated heterocycles. The Labute approximate surface area is 140 Å². The predicted octanol–water partition coefficient (Wildman–Crippen LogP) is 1.04. The molecule has 0 spiro atoms. The van der Waals surface area contributed by atoms with E-state index in [0.29, 0.717) is 5.92 Å². The maximum atomic E-state index is 13.1. The number of benzene rings is 1. The lowest BCUT2D eigenvalue weighted by Crippen LogP contribution is -2.44. The Morgan fingerprint density at radius 2 is 1.71 bits per heavy atom. The summed E-state index contributed by atoms with van der Waals surface area (Å²) in [5.74, 6) is -1.04. The quantitative estimate of drug-likeness (QED) is 0.696. The summed E-state index contributed by atoms with van der Waals surface area (Å²) in [6.45, 7) is 0.987. The Balaban J connectivity index is 1.87. The van der Waals surface area contributed by atoms with E-state index in [0.717, 1.165) is 24.8 Å². The van der Waals surface area contributed by atoms with E-state index in [4.69, 9.17) is 0 Å². The van der Waals surface area contributed by atoms with Crippen LogP contribution in [-0.4, -0.2) is 30.8 Å². The minimum absolute atomic E-state index is 0.160. The molecule has 3 amide bonds. The van der Waals surface area contributed by atoms with Gasteiger partial charge in [0.1, 0.15) is 5.82 Å². The molecule has 24 heavy (non-hydrogen) atoms. The van der Waals surface area contributed by atoms with Gasteiger partial charge in [0.2, 0.25) is 17.7 Å². The smallest absolute Gasteiger partial charge is 0.239 e. The van der Waals surface area contributed by atoms with Crippen molar-refractivity contribution < 1.29 is 18.8 Å². The van der Waals surface area contributed by atoms with E-state index in [9.17, 15) is 18.8 Å². The first kappa shape index (κ1) is 17.9. The van der Waals surface area contributed by atoms with E-state index in [2.05, 4.69) is 16.0 Å². The summed E-state index contributed by atoms with van der Waals surface area (Å²) in [5, 5.41) is 7.72. The van der Waals surface area contributed by atoms with Crippen LogP contribution < -0.4 is 16.0 Å². The second kappa shape index (κ2) is 8.42. The fourth-order valence-electron chi connectivity index (χ4n) is 2.59. The van der Waals surface area contributed by atoms with Gasteiger partial charge < -0.3 is 16.0 Å². The number of hydrogen-bond acceptors (Lipinski definition) is 3. The SMILES string of the molecule is CC(=O)NCC(=O)NCC(=O)N[C@@H](c1ccc(F)cc1)C1CCC1. The third kappa shape index (κ3) is 5.33. The van der Waals surface area contributed by atoms with Crippen LogP contribution in [-0.2, 0) is 14.4 Å². The molecule has 0 bridgehead atoms.